The van der Waals surface area contributed by atoms with Gasteiger partial charge in [0.05, 0.1) is 19.2 Å². The molecule has 0 heterocycles. The minimum atomic E-state index is -0.877. The molecule has 0 unspecified atom stereocenters. The SMILES string of the molecule is COc1ccc(OCCN(C)C(=O)c2ccc(F)cc2F)cc1. The van der Waals surface area contributed by atoms with Gasteiger partial charge < -0.3 is 14.4 Å². The van der Waals surface area contributed by atoms with Crippen molar-refractivity contribution >= 4 is 5.91 Å². The smallest absolute Gasteiger partial charge is 0.256 e. The lowest BCUT2D eigenvalue weighted by atomic mass is 10.2. The van der Waals surface area contributed by atoms with E-state index in [4.69, 9.17) is 9.47 Å². The zero-order valence-electron chi connectivity index (χ0n) is 12.9. The van der Waals surface area contributed by atoms with Crippen molar-refractivity contribution in [1.82, 2.24) is 4.90 Å². The number of carbonyl (C=O) groups is 1. The van der Waals surface area contributed by atoms with Gasteiger partial charge in [-0.05, 0) is 36.4 Å². The van der Waals surface area contributed by atoms with Gasteiger partial charge in [0.25, 0.3) is 5.91 Å². The van der Waals surface area contributed by atoms with E-state index in [2.05, 4.69) is 0 Å². The van der Waals surface area contributed by atoms with Crippen molar-refractivity contribution in [3.8, 4) is 11.5 Å². The monoisotopic (exact) mass is 321 g/mol. The molecule has 0 saturated carbocycles. The van der Waals surface area contributed by atoms with Crippen LogP contribution in [0.3, 0.4) is 0 Å². The van der Waals surface area contributed by atoms with Crippen molar-refractivity contribution in [2.75, 3.05) is 27.3 Å². The first kappa shape index (κ1) is 16.7. The van der Waals surface area contributed by atoms with Gasteiger partial charge in [-0.3, -0.25) is 4.79 Å². The van der Waals surface area contributed by atoms with Crippen LogP contribution in [0.15, 0.2) is 42.5 Å². The molecule has 23 heavy (non-hydrogen) atoms. The number of ether oxygens (including phenoxy) is 2. The van der Waals surface area contributed by atoms with Gasteiger partial charge in [-0.1, -0.05) is 0 Å². The molecule has 0 spiro atoms. The van der Waals surface area contributed by atoms with Crippen LogP contribution in [0.25, 0.3) is 0 Å². The van der Waals surface area contributed by atoms with E-state index in [0.717, 1.165) is 17.9 Å². The molecular formula is C17H17F2NO3. The molecule has 0 atom stereocenters. The summed E-state index contributed by atoms with van der Waals surface area (Å²) in [6.45, 7) is 0.513. The van der Waals surface area contributed by atoms with Crippen molar-refractivity contribution < 1.29 is 23.0 Å². The fourth-order valence-corrected chi connectivity index (χ4v) is 1.94. The van der Waals surface area contributed by atoms with Crippen LogP contribution < -0.4 is 9.47 Å². The summed E-state index contributed by atoms with van der Waals surface area (Å²) in [4.78, 5) is 13.4. The number of amides is 1. The number of methoxy groups -OCH3 is 1. The fraction of sp³-hybridized carbons (Fsp3) is 0.235. The molecule has 0 aliphatic rings. The molecule has 0 radical (unpaired) electrons. The molecule has 6 heteroatoms. The second kappa shape index (κ2) is 7.58. The summed E-state index contributed by atoms with van der Waals surface area (Å²) in [7, 11) is 3.10. The molecule has 0 aliphatic heterocycles. The number of likely N-dealkylation sites (N-methyl/N-ethyl adjacent to an activating group) is 1. The Morgan fingerprint density at radius 2 is 1.74 bits per heavy atom. The first-order chi connectivity index (χ1) is 11.0. The zero-order chi connectivity index (χ0) is 16.8. The fourth-order valence-electron chi connectivity index (χ4n) is 1.94. The third-order valence-corrected chi connectivity index (χ3v) is 3.26. The van der Waals surface area contributed by atoms with Gasteiger partial charge in [0.1, 0.15) is 29.7 Å². The third kappa shape index (κ3) is 4.42. The minimum Gasteiger partial charge on any atom is -0.497 e. The number of halogens is 2. The van der Waals surface area contributed by atoms with Crippen LogP contribution in [-0.2, 0) is 0 Å². The second-order valence-corrected chi connectivity index (χ2v) is 4.87. The average Bonchev–Trinajstić information content (AvgIpc) is 2.55. The Morgan fingerprint density at radius 3 is 2.35 bits per heavy atom. The molecule has 0 aromatic heterocycles. The molecule has 4 nitrogen and oxygen atoms in total. The van der Waals surface area contributed by atoms with E-state index in [1.807, 2.05) is 0 Å². The summed E-state index contributed by atoms with van der Waals surface area (Å²) in [6, 6.07) is 9.90. The molecule has 122 valence electrons. The summed E-state index contributed by atoms with van der Waals surface area (Å²) in [5, 5.41) is 0. The number of carbonyl (C=O) groups excluding carboxylic acids is 1. The Hall–Kier alpha value is -2.63. The Morgan fingerprint density at radius 1 is 1.09 bits per heavy atom. The van der Waals surface area contributed by atoms with E-state index in [9.17, 15) is 13.6 Å². The van der Waals surface area contributed by atoms with Gasteiger partial charge in [-0.2, -0.15) is 0 Å². The van der Waals surface area contributed by atoms with E-state index < -0.39 is 17.5 Å². The number of benzene rings is 2. The Kier molecular flexibility index (Phi) is 5.51. The quantitative estimate of drug-likeness (QED) is 0.820. The van der Waals surface area contributed by atoms with E-state index >= 15 is 0 Å². The highest BCUT2D eigenvalue weighted by molar-refractivity contribution is 5.94. The molecule has 2 aromatic carbocycles. The topological polar surface area (TPSA) is 38.8 Å². The molecule has 0 fully saturated rings. The van der Waals surface area contributed by atoms with Crippen LogP contribution in [0.1, 0.15) is 10.4 Å². The maximum atomic E-state index is 13.6. The van der Waals surface area contributed by atoms with E-state index in [1.54, 1.807) is 31.4 Å². The predicted octanol–water partition coefficient (Wildman–Crippen LogP) is 3.12. The predicted molar refractivity (Wildman–Crippen MR) is 81.8 cm³/mol. The molecule has 0 saturated heterocycles. The zero-order valence-corrected chi connectivity index (χ0v) is 12.9. The van der Waals surface area contributed by atoms with E-state index in [0.29, 0.717) is 11.8 Å². The summed E-state index contributed by atoms with van der Waals surface area (Å²) in [6.07, 6.45) is 0. The van der Waals surface area contributed by atoms with Crippen molar-refractivity contribution in [2.45, 2.75) is 0 Å². The van der Waals surface area contributed by atoms with E-state index in [1.165, 1.54) is 11.9 Å². The number of rotatable bonds is 6. The summed E-state index contributed by atoms with van der Waals surface area (Å²) < 4.78 is 37.0. The van der Waals surface area contributed by atoms with Gasteiger partial charge in [0, 0.05) is 13.1 Å². The van der Waals surface area contributed by atoms with Gasteiger partial charge in [-0.25, -0.2) is 8.78 Å². The summed E-state index contributed by atoms with van der Waals surface area (Å²) in [5.74, 6) is -0.765. The van der Waals surface area contributed by atoms with Crippen molar-refractivity contribution in [2.24, 2.45) is 0 Å². The lowest BCUT2D eigenvalue weighted by Crippen LogP contribution is -2.31. The van der Waals surface area contributed by atoms with Gasteiger partial charge in [0.15, 0.2) is 0 Å². The highest BCUT2D eigenvalue weighted by Gasteiger charge is 2.16. The van der Waals surface area contributed by atoms with Crippen molar-refractivity contribution in [3.63, 3.8) is 0 Å². The Labute approximate surface area is 133 Å². The molecule has 0 bridgehead atoms. The molecule has 1 amide bonds. The third-order valence-electron chi connectivity index (χ3n) is 3.26. The largest absolute Gasteiger partial charge is 0.497 e. The van der Waals surface area contributed by atoms with Crippen molar-refractivity contribution in [3.05, 3.63) is 59.7 Å². The second-order valence-electron chi connectivity index (χ2n) is 4.87. The van der Waals surface area contributed by atoms with Crippen LogP contribution in [0, 0.1) is 11.6 Å². The van der Waals surface area contributed by atoms with Gasteiger partial charge in [0.2, 0.25) is 0 Å². The first-order valence-corrected chi connectivity index (χ1v) is 6.98. The van der Waals surface area contributed by atoms with Crippen LogP contribution in [-0.4, -0.2) is 38.1 Å². The summed E-state index contributed by atoms with van der Waals surface area (Å²) >= 11 is 0. The van der Waals surface area contributed by atoms with Crippen LogP contribution in [0.4, 0.5) is 8.78 Å². The molecular weight excluding hydrogens is 304 g/mol. The first-order valence-electron chi connectivity index (χ1n) is 6.98. The highest BCUT2D eigenvalue weighted by atomic mass is 19.1. The normalized spacial score (nSPS) is 10.3. The lowest BCUT2D eigenvalue weighted by molar-refractivity contribution is 0.0769. The van der Waals surface area contributed by atoms with Crippen molar-refractivity contribution in [1.29, 1.82) is 0 Å². The number of nitrogens with zero attached hydrogens (tertiary/aromatic N) is 1. The summed E-state index contributed by atoms with van der Waals surface area (Å²) in [5.41, 5.74) is -0.168. The standard InChI is InChI=1S/C17H17F2NO3/c1-20(17(21)15-8-3-12(18)11-16(15)19)9-10-23-14-6-4-13(22-2)5-7-14/h3-8,11H,9-10H2,1-2H3. The van der Waals surface area contributed by atoms with Crippen LogP contribution in [0.2, 0.25) is 0 Å². The minimum absolute atomic E-state index is 0.168. The Bertz CT molecular complexity index is 674. The molecule has 2 aromatic rings. The van der Waals surface area contributed by atoms with Crippen LogP contribution in [0.5, 0.6) is 11.5 Å². The maximum absolute atomic E-state index is 13.6. The van der Waals surface area contributed by atoms with Gasteiger partial charge in [-0.15, -0.1) is 0 Å². The number of hydrogen-bond donors (Lipinski definition) is 0. The molecule has 0 N–H and O–H groups in total. The van der Waals surface area contributed by atoms with Crippen LogP contribution >= 0.6 is 0 Å². The lowest BCUT2D eigenvalue weighted by Gasteiger charge is -2.18. The van der Waals surface area contributed by atoms with Gasteiger partial charge >= 0.3 is 0 Å². The molecule has 0 aliphatic carbocycles. The Balaban J connectivity index is 1.88. The number of hydrogen-bond acceptors (Lipinski definition) is 3. The molecule has 2 rings (SSSR count). The maximum Gasteiger partial charge on any atom is 0.256 e. The highest BCUT2D eigenvalue weighted by Crippen LogP contribution is 2.17. The average molecular weight is 321 g/mol. The van der Waals surface area contributed by atoms with E-state index in [-0.39, 0.29) is 18.7 Å².